The van der Waals surface area contributed by atoms with Gasteiger partial charge in [0.2, 0.25) is 5.91 Å². The number of hydrogen-bond acceptors (Lipinski definition) is 3. The van der Waals surface area contributed by atoms with E-state index in [9.17, 15) is 9.59 Å². The Hall–Kier alpha value is -2.37. The van der Waals surface area contributed by atoms with E-state index in [2.05, 4.69) is 15.5 Å². The van der Waals surface area contributed by atoms with Gasteiger partial charge in [0.15, 0.2) is 0 Å². The van der Waals surface area contributed by atoms with Crippen molar-refractivity contribution < 1.29 is 9.59 Å². The van der Waals surface area contributed by atoms with Gasteiger partial charge in [0, 0.05) is 28.9 Å². The molecule has 2 N–H and O–H groups in total. The van der Waals surface area contributed by atoms with Gasteiger partial charge >= 0.3 is 0 Å². The van der Waals surface area contributed by atoms with Crippen molar-refractivity contribution in [2.45, 2.75) is 25.8 Å². The van der Waals surface area contributed by atoms with Gasteiger partial charge < -0.3 is 10.6 Å². The SMILES string of the molecule is CCNC(=O)c1cccc(NC(=O)CN2CCCC2c2ccccc2Cl)c1. The molecule has 2 aromatic carbocycles. The number of halogens is 1. The quantitative estimate of drug-likeness (QED) is 0.793. The van der Waals surface area contributed by atoms with Gasteiger partial charge in [0.25, 0.3) is 5.91 Å². The lowest BCUT2D eigenvalue weighted by molar-refractivity contribution is -0.117. The van der Waals surface area contributed by atoms with E-state index in [-0.39, 0.29) is 17.9 Å². The smallest absolute Gasteiger partial charge is 0.251 e. The molecule has 0 bridgehead atoms. The van der Waals surface area contributed by atoms with Crippen LogP contribution in [0.1, 0.15) is 41.7 Å². The van der Waals surface area contributed by atoms with Crippen LogP contribution < -0.4 is 10.6 Å². The number of nitrogens with zero attached hydrogens (tertiary/aromatic N) is 1. The molecule has 1 unspecified atom stereocenters. The summed E-state index contributed by atoms with van der Waals surface area (Å²) in [4.78, 5) is 26.7. The molecule has 1 saturated heterocycles. The molecule has 6 heteroatoms. The van der Waals surface area contributed by atoms with Crippen LogP contribution in [0.3, 0.4) is 0 Å². The Morgan fingerprint density at radius 1 is 1.19 bits per heavy atom. The van der Waals surface area contributed by atoms with E-state index in [1.165, 1.54) is 0 Å². The summed E-state index contributed by atoms with van der Waals surface area (Å²) in [6.45, 7) is 3.59. The number of carbonyl (C=O) groups excluding carboxylic acids is 2. The Balaban J connectivity index is 1.65. The zero-order chi connectivity index (χ0) is 19.2. The number of rotatable bonds is 6. The van der Waals surface area contributed by atoms with Crippen molar-refractivity contribution in [3.05, 3.63) is 64.7 Å². The minimum absolute atomic E-state index is 0.0954. The first-order valence-electron chi connectivity index (χ1n) is 9.25. The summed E-state index contributed by atoms with van der Waals surface area (Å²) < 4.78 is 0. The van der Waals surface area contributed by atoms with E-state index < -0.39 is 0 Å². The van der Waals surface area contributed by atoms with Crippen molar-refractivity contribution in [3.8, 4) is 0 Å². The number of amides is 2. The number of hydrogen-bond donors (Lipinski definition) is 2. The van der Waals surface area contributed by atoms with Crippen LogP contribution in [-0.2, 0) is 4.79 Å². The normalized spacial score (nSPS) is 16.9. The highest BCUT2D eigenvalue weighted by Gasteiger charge is 2.28. The lowest BCUT2D eigenvalue weighted by Gasteiger charge is -2.25. The number of nitrogens with one attached hydrogen (secondary N) is 2. The largest absolute Gasteiger partial charge is 0.352 e. The summed E-state index contributed by atoms with van der Waals surface area (Å²) in [5, 5.41) is 6.40. The minimum atomic E-state index is -0.146. The first kappa shape index (κ1) is 19.4. The maximum absolute atomic E-state index is 12.6. The van der Waals surface area contributed by atoms with Crippen molar-refractivity contribution in [2.24, 2.45) is 0 Å². The summed E-state index contributed by atoms with van der Waals surface area (Å²) in [6.07, 6.45) is 2.03. The van der Waals surface area contributed by atoms with E-state index in [0.717, 1.165) is 30.0 Å². The molecule has 1 atom stereocenters. The molecule has 142 valence electrons. The monoisotopic (exact) mass is 385 g/mol. The van der Waals surface area contributed by atoms with E-state index in [1.54, 1.807) is 24.3 Å². The van der Waals surface area contributed by atoms with Crippen molar-refractivity contribution in [2.75, 3.05) is 25.0 Å². The third-order valence-electron chi connectivity index (χ3n) is 4.72. The Bertz CT molecular complexity index is 825. The average molecular weight is 386 g/mol. The second kappa shape index (κ2) is 9.02. The van der Waals surface area contributed by atoms with Crippen molar-refractivity contribution in [3.63, 3.8) is 0 Å². The van der Waals surface area contributed by atoms with Gasteiger partial charge in [-0.25, -0.2) is 0 Å². The molecule has 0 radical (unpaired) electrons. The molecular weight excluding hydrogens is 362 g/mol. The highest BCUT2D eigenvalue weighted by atomic mass is 35.5. The summed E-state index contributed by atoms with van der Waals surface area (Å²) in [5.74, 6) is -0.242. The predicted molar refractivity (Wildman–Crippen MR) is 108 cm³/mol. The summed E-state index contributed by atoms with van der Waals surface area (Å²) in [5.41, 5.74) is 2.23. The van der Waals surface area contributed by atoms with Crippen LogP contribution in [-0.4, -0.2) is 36.3 Å². The van der Waals surface area contributed by atoms with E-state index in [1.807, 2.05) is 31.2 Å². The van der Waals surface area contributed by atoms with Gasteiger partial charge in [0.1, 0.15) is 0 Å². The molecule has 1 aliphatic rings. The topological polar surface area (TPSA) is 61.4 Å². The molecule has 0 aromatic heterocycles. The van der Waals surface area contributed by atoms with Crippen molar-refractivity contribution >= 4 is 29.1 Å². The average Bonchev–Trinajstić information content (AvgIpc) is 3.10. The van der Waals surface area contributed by atoms with Crippen LogP contribution in [0.4, 0.5) is 5.69 Å². The fourth-order valence-corrected chi connectivity index (χ4v) is 3.76. The molecule has 1 fully saturated rings. The van der Waals surface area contributed by atoms with Crippen LogP contribution in [0.5, 0.6) is 0 Å². The number of benzene rings is 2. The molecule has 2 amide bonds. The number of likely N-dealkylation sites (tertiary alicyclic amines) is 1. The van der Waals surface area contributed by atoms with Gasteiger partial charge in [-0.05, 0) is 56.1 Å². The fraction of sp³-hybridized carbons (Fsp3) is 0.333. The Labute approximate surface area is 164 Å². The number of carbonyl (C=O) groups is 2. The molecule has 0 aliphatic carbocycles. The molecular formula is C21H24ClN3O2. The zero-order valence-electron chi connectivity index (χ0n) is 15.4. The Kier molecular flexibility index (Phi) is 6.48. The van der Waals surface area contributed by atoms with Crippen LogP contribution >= 0.6 is 11.6 Å². The van der Waals surface area contributed by atoms with Gasteiger partial charge in [-0.3, -0.25) is 14.5 Å². The lowest BCUT2D eigenvalue weighted by atomic mass is 10.0. The third-order valence-corrected chi connectivity index (χ3v) is 5.06. The second-order valence-electron chi connectivity index (χ2n) is 6.64. The predicted octanol–water partition coefficient (Wildman–Crippen LogP) is 3.87. The van der Waals surface area contributed by atoms with Crippen LogP contribution in [0.25, 0.3) is 0 Å². The number of anilines is 1. The highest BCUT2D eigenvalue weighted by molar-refractivity contribution is 6.31. The maximum atomic E-state index is 12.6. The minimum Gasteiger partial charge on any atom is -0.352 e. The molecule has 5 nitrogen and oxygen atoms in total. The highest BCUT2D eigenvalue weighted by Crippen LogP contribution is 2.35. The maximum Gasteiger partial charge on any atom is 0.251 e. The molecule has 0 saturated carbocycles. The van der Waals surface area contributed by atoms with Gasteiger partial charge in [0.05, 0.1) is 6.54 Å². The molecule has 1 aliphatic heterocycles. The zero-order valence-corrected chi connectivity index (χ0v) is 16.1. The van der Waals surface area contributed by atoms with Gasteiger partial charge in [-0.2, -0.15) is 0 Å². The van der Waals surface area contributed by atoms with Gasteiger partial charge in [-0.1, -0.05) is 35.9 Å². The van der Waals surface area contributed by atoms with Crippen LogP contribution in [0, 0.1) is 0 Å². The molecule has 3 rings (SSSR count). The first-order chi connectivity index (χ1) is 13.1. The molecule has 2 aromatic rings. The van der Waals surface area contributed by atoms with Crippen LogP contribution in [0.2, 0.25) is 5.02 Å². The Morgan fingerprint density at radius 2 is 2.00 bits per heavy atom. The summed E-state index contributed by atoms with van der Waals surface area (Å²) in [6, 6.07) is 14.9. The van der Waals surface area contributed by atoms with Crippen molar-refractivity contribution in [1.29, 1.82) is 0 Å². The third kappa shape index (κ3) is 4.87. The fourth-order valence-electron chi connectivity index (χ4n) is 3.50. The summed E-state index contributed by atoms with van der Waals surface area (Å²) in [7, 11) is 0. The Morgan fingerprint density at radius 3 is 2.78 bits per heavy atom. The van der Waals surface area contributed by atoms with E-state index in [4.69, 9.17) is 11.6 Å². The second-order valence-corrected chi connectivity index (χ2v) is 7.05. The standard InChI is InChI=1S/C21H24ClN3O2/c1-2-23-21(27)15-7-5-8-16(13-15)24-20(26)14-25-12-6-11-19(25)17-9-3-4-10-18(17)22/h3-5,7-10,13,19H,2,6,11-12,14H2,1H3,(H,23,27)(H,24,26). The van der Waals surface area contributed by atoms with Gasteiger partial charge in [-0.15, -0.1) is 0 Å². The van der Waals surface area contributed by atoms with Crippen LogP contribution in [0.15, 0.2) is 48.5 Å². The van der Waals surface area contributed by atoms with Crippen molar-refractivity contribution in [1.82, 2.24) is 10.2 Å². The molecule has 27 heavy (non-hydrogen) atoms. The van der Waals surface area contributed by atoms with E-state index in [0.29, 0.717) is 24.3 Å². The lowest BCUT2D eigenvalue weighted by Crippen LogP contribution is -2.33. The van der Waals surface area contributed by atoms with E-state index >= 15 is 0 Å². The summed E-state index contributed by atoms with van der Waals surface area (Å²) >= 11 is 6.34. The molecule has 1 heterocycles. The molecule has 0 spiro atoms. The first-order valence-corrected chi connectivity index (χ1v) is 9.63.